The van der Waals surface area contributed by atoms with Crippen LogP contribution >= 0.6 is 0 Å². The largest absolute Gasteiger partial charge is 0.300 e. The monoisotopic (exact) mass is 339 g/mol. The highest BCUT2D eigenvalue weighted by molar-refractivity contribution is 7.90. The van der Waals surface area contributed by atoms with Crippen molar-refractivity contribution in [2.24, 2.45) is 0 Å². The first kappa shape index (κ1) is 17.9. The summed E-state index contributed by atoms with van der Waals surface area (Å²) in [5.74, 6) is -0.240. The molecule has 0 radical (unpaired) electrons. The summed E-state index contributed by atoms with van der Waals surface area (Å²) in [5.41, 5.74) is 1.07. The highest BCUT2D eigenvalue weighted by Gasteiger charge is 2.33. The van der Waals surface area contributed by atoms with Crippen molar-refractivity contribution in [3.63, 3.8) is 0 Å². The zero-order valence-electron chi connectivity index (χ0n) is 13.3. The highest BCUT2D eigenvalue weighted by Crippen LogP contribution is 2.15. The van der Waals surface area contributed by atoms with Gasteiger partial charge in [0.05, 0.1) is 6.07 Å². The summed E-state index contributed by atoms with van der Waals surface area (Å²) in [4.78, 5) is 2.20. The molecule has 1 saturated heterocycles. The minimum absolute atomic E-state index is 0.240. The summed E-state index contributed by atoms with van der Waals surface area (Å²) in [7, 11) is -3.52. The van der Waals surface area contributed by atoms with Crippen LogP contribution in [0.1, 0.15) is 18.9 Å². The van der Waals surface area contributed by atoms with E-state index in [9.17, 15) is 12.8 Å². The molecule has 0 bridgehead atoms. The number of nitrogens with zero attached hydrogens (tertiary/aromatic N) is 3. The molecule has 1 heterocycles. The molecule has 0 saturated carbocycles. The highest BCUT2D eigenvalue weighted by atomic mass is 32.2. The molecule has 1 aromatic rings. The van der Waals surface area contributed by atoms with Gasteiger partial charge in [-0.25, -0.2) is 12.8 Å². The molecule has 1 aliphatic rings. The van der Waals surface area contributed by atoms with Gasteiger partial charge in [-0.15, -0.1) is 0 Å². The van der Waals surface area contributed by atoms with E-state index in [1.165, 1.54) is 16.4 Å². The maximum Gasteiger partial charge on any atom is 0.230 e. The van der Waals surface area contributed by atoms with E-state index in [0.29, 0.717) is 32.6 Å². The maximum atomic E-state index is 12.9. The van der Waals surface area contributed by atoms with E-state index in [-0.39, 0.29) is 5.82 Å². The first-order chi connectivity index (χ1) is 11.0. The number of hydrogen-bond acceptors (Lipinski definition) is 4. The Morgan fingerprint density at radius 1 is 1.22 bits per heavy atom. The van der Waals surface area contributed by atoms with Crippen LogP contribution in [0.5, 0.6) is 0 Å². The molecular formula is C16H22FN3O2S. The first-order valence-corrected chi connectivity index (χ1v) is 9.33. The number of hydrogen-bond donors (Lipinski definition) is 0. The molecule has 1 fully saturated rings. The second-order valence-corrected chi connectivity index (χ2v) is 7.80. The van der Waals surface area contributed by atoms with Crippen LogP contribution in [-0.4, -0.2) is 55.6 Å². The molecule has 1 aromatic carbocycles. The van der Waals surface area contributed by atoms with Crippen LogP contribution in [0.15, 0.2) is 24.3 Å². The van der Waals surface area contributed by atoms with E-state index in [1.807, 2.05) is 6.07 Å². The van der Waals surface area contributed by atoms with Gasteiger partial charge in [0.25, 0.3) is 0 Å². The SMILES string of the molecule is CC[C@H](C#N)S(=O)(=O)N1CCN(CCc2ccc(F)cc2)CC1. The van der Waals surface area contributed by atoms with Gasteiger partial charge in [0.15, 0.2) is 5.25 Å². The minimum atomic E-state index is -3.52. The average Bonchev–Trinajstić information content (AvgIpc) is 2.55. The number of halogens is 1. The Morgan fingerprint density at radius 2 is 1.83 bits per heavy atom. The van der Waals surface area contributed by atoms with Gasteiger partial charge < -0.3 is 4.90 Å². The van der Waals surface area contributed by atoms with Gasteiger partial charge in [0.1, 0.15) is 5.82 Å². The van der Waals surface area contributed by atoms with Crippen LogP contribution in [0.25, 0.3) is 0 Å². The molecule has 1 aliphatic heterocycles. The number of sulfonamides is 1. The zero-order chi connectivity index (χ0) is 16.9. The quantitative estimate of drug-likeness (QED) is 0.790. The predicted molar refractivity (Wildman–Crippen MR) is 86.7 cm³/mol. The lowest BCUT2D eigenvalue weighted by Crippen LogP contribution is -2.51. The average molecular weight is 339 g/mol. The van der Waals surface area contributed by atoms with Crippen LogP contribution in [0.4, 0.5) is 4.39 Å². The lowest BCUT2D eigenvalue weighted by atomic mass is 10.1. The molecule has 23 heavy (non-hydrogen) atoms. The predicted octanol–water partition coefficient (Wildman–Crippen LogP) is 1.62. The summed E-state index contributed by atoms with van der Waals surface area (Å²) in [6.45, 7) is 4.68. The van der Waals surface area contributed by atoms with E-state index in [0.717, 1.165) is 18.5 Å². The van der Waals surface area contributed by atoms with Gasteiger partial charge in [-0.1, -0.05) is 19.1 Å². The lowest BCUT2D eigenvalue weighted by Gasteiger charge is -2.34. The molecule has 0 unspecified atom stereocenters. The van der Waals surface area contributed by atoms with E-state index in [1.54, 1.807) is 19.1 Å². The molecule has 2 rings (SSSR count). The van der Waals surface area contributed by atoms with Crippen molar-refractivity contribution in [1.29, 1.82) is 5.26 Å². The third-order valence-electron chi connectivity index (χ3n) is 4.20. The fraction of sp³-hybridized carbons (Fsp3) is 0.562. The molecule has 0 aliphatic carbocycles. The molecule has 0 aromatic heterocycles. The van der Waals surface area contributed by atoms with Crippen molar-refractivity contribution in [1.82, 2.24) is 9.21 Å². The summed E-state index contributed by atoms with van der Waals surface area (Å²) >= 11 is 0. The van der Waals surface area contributed by atoms with E-state index < -0.39 is 15.3 Å². The van der Waals surface area contributed by atoms with Crippen molar-refractivity contribution in [3.8, 4) is 6.07 Å². The standard InChI is InChI=1S/C16H22FN3O2S/c1-2-16(13-18)23(21,22)20-11-9-19(10-12-20)8-7-14-3-5-15(17)6-4-14/h3-6,16H,2,7-12H2,1H3/t16-/m1/s1. The number of nitriles is 1. The normalized spacial score (nSPS) is 18.5. The van der Waals surface area contributed by atoms with Crippen LogP contribution in [0, 0.1) is 17.1 Å². The molecule has 1 atom stereocenters. The van der Waals surface area contributed by atoms with Crippen molar-refractivity contribution < 1.29 is 12.8 Å². The van der Waals surface area contributed by atoms with E-state index >= 15 is 0 Å². The summed E-state index contributed by atoms with van der Waals surface area (Å²) in [5, 5.41) is 8.03. The molecular weight excluding hydrogens is 317 g/mol. The Kier molecular flexibility index (Phi) is 6.10. The minimum Gasteiger partial charge on any atom is -0.300 e. The number of piperazine rings is 1. The van der Waals surface area contributed by atoms with Gasteiger partial charge in [-0.05, 0) is 30.5 Å². The first-order valence-electron chi connectivity index (χ1n) is 7.82. The van der Waals surface area contributed by atoms with Crippen LogP contribution in [-0.2, 0) is 16.4 Å². The van der Waals surface area contributed by atoms with Crippen molar-refractivity contribution in [2.45, 2.75) is 25.0 Å². The Labute approximate surface area is 137 Å². The van der Waals surface area contributed by atoms with Gasteiger partial charge in [-0.2, -0.15) is 9.57 Å². The Morgan fingerprint density at radius 3 is 2.35 bits per heavy atom. The molecule has 7 heteroatoms. The maximum absolute atomic E-state index is 12.9. The van der Waals surface area contributed by atoms with Crippen LogP contribution < -0.4 is 0 Å². The number of rotatable bonds is 6. The molecule has 0 amide bonds. The van der Waals surface area contributed by atoms with Crippen LogP contribution in [0.2, 0.25) is 0 Å². The topological polar surface area (TPSA) is 64.4 Å². The third-order valence-corrected chi connectivity index (χ3v) is 6.44. The van der Waals surface area contributed by atoms with E-state index in [4.69, 9.17) is 5.26 Å². The van der Waals surface area contributed by atoms with Gasteiger partial charge >= 0.3 is 0 Å². The third kappa shape index (κ3) is 4.50. The van der Waals surface area contributed by atoms with Crippen molar-refractivity contribution in [2.75, 3.05) is 32.7 Å². The fourth-order valence-corrected chi connectivity index (χ4v) is 4.28. The Hall–Kier alpha value is -1.49. The summed E-state index contributed by atoms with van der Waals surface area (Å²) in [6, 6.07) is 8.33. The smallest absolute Gasteiger partial charge is 0.230 e. The second kappa shape index (κ2) is 7.86. The fourth-order valence-electron chi connectivity index (χ4n) is 2.69. The van der Waals surface area contributed by atoms with Gasteiger partial charge in [0, 0.05) is 32.7 Å². The summed E-state index contributed by atoms with van der Waals surface area (Å²) < 4.78 is 38.9. The van der Waals surface area contributed by atoms with Crippen molar-refractivity contribution in [3.05, 3.63) is 35.6 Å². The lowest BCUT2D eigenvalue weighted by molar-refractivity contribution is 0.189. The second-order valence-electron chi connectivity index (χ2n) is 5.69. The molecule has 5 nitrogen and oxygen atoms in total. The zero-order valence-corrected chi connectivity index (χ0v) is 14.1. The van der Waals surface area contributed by atoms with Gasteiger partial charge in [-0.3, -0.25) is 0 Å². The molecule has 0 spiro atoms. The van der Waals surface area contributed by atoms with Gasteiger partial charge in [0.2, 0.25) is 10.0 Å². The summed E-state index contributed by atoms with van der Waals surface area (Å²) in [6.07, 6.45) is 1.12. The molecule has 126 valence electrons. The van der Waals surface area contributed by atoms with Crippen molar-refractivity contribution >= 4 is 10.0 Å². The Bertz CT molecular complexity index is 647. The molecule has 0 N–H and O–H groups in total. The number of benzene rings is 1. The van der Waals surface area contributed by atoms with E-state index in [2.05, 4.69) is 4.90 Å². The van der Waals surface area contributed by atoms with Crippen LogP contribution in [0.3, 0.4) is 0 Å². The Balaban J connectivity index is 1.84.